The average molecular weight is 442 g/mol. The first-order chi connectivity index (χ1) is 13.9. The third-order valence-corrected chi connectivity index (χ3v) is 7.11. The molecule has 0 amide bonds. The molecule has 7 nitrogen and oxygen atoms in total. The highest BCUT2D eigenvalue weighted by Crippen LogP contribution is 2.62. The number of hydrogen-bond donors (Lipinski definition) is 1. The molecule has 2 aromatic rings. The fraction of sp³-hybridized carbons (Fsp3) is 0.400. The molecule has 1 N–H and O–H groups in total. The summed E-state index contributed by atoms with van der Waals surface area (Å²) in [6.07, 6.45) is 3.67. The molecule has 2 aromatic carbocycles. The number of para-hydroxylation sites is 2. The lowest BCUT2D eigenvalue weighted by atomic mass is 10.0. The molecule has 0 radical (unpaired) electrons. The molecule has 0 aliphatic heterocycles. The minimum Gasteiger partial charge on any atom is -0.395 e. The number of unbranched alkanes of at least 4 members (excludes halogenated alkanes) is 1. The zero-order valence-corrected chi connectivity index (χ0v) is 18.5. The van der Waals surface area contributed by atoms with Crippen LogP contribution in [0.2, 0.25) is 0 Å². The number of phosphoric ester groups is 2. The van der Waals surface area contributed by atoms with Gasteiger partial charge in [-0.3, -0.25) is 4.52 Å². The van der Waals surface area contributed by atoms with Gasteiger partial charge in [0, 0.05) is 0 Å². The minimum atomic E-state index is -4.70. The Hall–Kier alpha value is -1.62. The molecule has 2 rings (SSSR count). The van der Waals surface area contributed by atoms with Crippen molar-refractivity contribution < 1.29 is 31.9 Å². The zero-order chi connectivity index (χ0) is 21.2. The van der Waals surface area contributed by atoms with Crippen molar-refractivity contribution in [3.8, 4) is 11.5 Å². The van der Waals surface area contributed by atoms with Gasteiger partial charge in [-0.1, -0.05) is 69.5 Å². The van der Waals surface area contributed by atoms with Crippen molar-refractivity contribution in [3.05, 3.63) is 60.7 Å². The first-order valence-corrected chi connectivity index (χ1v) is 12.6. The third kappa shape index (κ3) is 8.73. The number of phosphoric acid groups is 2. The summed E-state index contributed by atoms with van der Waals surface area (Å²) >= 11 is 0. The first-order valence-electron chi connectivity index (χ1n) is 9.64. The van der Waals surface area contributed by atoms with Gasteiger partial charge in [-0.05, 0) is 36.6 Å². The Kier molecular flexibility index (Phi) is 9.41. The lowest BCUT2D eigenvalue weighted by Crippen LogP contribution is -2.10. The predicted molar refractivity (Wildman–Crippen MR) is 112 cm³/mol. The van der Waals surface area contributed by atoms with E-state index in [9.17, 15) is 14.0 Å². The van der Waals surface area contributed by atoms with E-state index in [1.54, 1.807) is 36.4 Å². The van der Waals surface area contributed by atoms with Gasteiger partial charge in [-0.2, -0.15) is 4.31 Å². The van der Waals surface area contributed by atoms with Crippen LogP contribution in [0, 0.1) is 5.92 Å². The fourth-order valence-electron chi connectivity index (χ4n) is 2.52. The largest absolute Gasteiger partial charge is 0.596 e. The summed E-state index contributed by atoms with van der Waals surface area (Å²) in [6.45, 7) is 4.07. The Morgan fingerprint density at radius 1 is 0.897 bits per heavy atom. The number of hydrogen-bond acceptors (Lipinski definition) is 6. The summed E-state index contributed by atoms with van der Waals surface area (Å²) in [5, 5.41) is 0. The normalized spacial score (nSPS) is 14.7. The Balaban J connectivity index is 2.12. The van der Waals surface area contributed by atoms with Crippen molar-refractivity contribution in [2.45, 2.75) is 39.5 Å². The molecule has 0 heterocycles. The van der Waals surface area contributed by atoms with Gasteiger partial charge in [0.25, 0.3) is 0 Å². The monoisotopic (exact) mass is 442 g/mol. The maximum atomic E-state index is 13.2. The van der Waals surface area contributed by atoms with Crippen molar-refractivity contribution in [1.82, 2.24) is 0 Å². The Labute approximate surface area is 172 Å². The SMILES string of the molecule is CCCCC(CC)COP(=O)(O)OP(=O)(Oc1ccccc1)Oc1ccccc1. The lowest BCUT2D eigenvalue weighted by Gasteiger charge is -2.22. The predicted octanol–water partition coefficient (Wildman–Crippen LogP) is 6.60. The average Bonchev–Trinajstić information content (AvgIpc) is 2.69. The zero-order valence-electron chi connectivity index (χ0n) is 16.7. The van der Waals surface area contributed by atoms with Crippen molar-refractivity contribution in [2.24, 2.45) is 5.92 Å². The smallest absolute Gasteiger partial charge is 0.395 e. The molecule has 0 aliphatic carbocycles. The van der Waals surface area contributed by atoms with E-state index in [1.807, 2.05) is 6.92 Å². The van der Waals surface area contributed by atoms with Gasteiger partial charge in [0.1, 0.15) is 11.5 Å². The fourth-order valence-corrected chi connectivity index (χ4v) is 5.18. The van der Waals surface area contributed by atoms with Gasteiger partial charge in [0.15, 0.2) is 0 Å². The summed E-state index contributed by atoms with van der Waals surface area (Å²) in [5.41, 5.74) is 0. The van der Waals surface area contributed by atoms with Crippen LogP contribution in [0.15, 0.2) is 60.7 Å². The minimum absolute atomic E-state index is 0.0148. The van der Waals surface area contributed by atoms with Gasteiger partial charge in [0.2, 0.25) is 0 Å². The van der Waals surface area contributed by atoms with Crippen molar-refractivity contribution >= 4 is 15.6 Å². The second-order valence-corrected chi connectivity index (χ2v) is 9.63. The van der Waals surface area contributed by atoms with E-state index in [1.165, 1.54) is 24.3 Å². The van der Waals surface area contributed by atoms with Gasteiger partial charge >= 0.3 is 15.6 Å². The highest BCUT2D eigenvalue weighted by Gasteiger charge is 2.41. The van der Waals surface area contributed by atoms with E-state index in [0.717, 1.165) is 25.7 Å². The summed E-state index contributed by atoms with van der Waals surface area (Å²) < 4.78 is 46.4. The molecule has 29 heavy (non-hydrogen) atoms. The molecule has 0 spiro atoms. The number of benzene rings is 2. The van der Waals surface area contributed by atoms with E-state index in [-0.39, 0.29) is 24.0 Å². The third-order valence-electron chi connectivity index (χ3n) is 4.14. The van der Waals surface area contributed by atoms with Crippen LogP contribution in [0.5, 0.6) is 11.5 Å². The van der Waals surface area contributed by atoms with Crippen LogP contribution in [0.1, 0.15) is 39.5 Å². The first kappa shape index (κ1) is 23.7. The maximum Gasteiger partial charge on any atom is 0.596 e. The second-order valence-electron chi connectivity index (χ2n) is 6.52. The molecule has 9 heteroatoms. The van der Waals surface area contributed by atoms with Gasteiger partial charge in [0.05, 0.1) is 6.61 Å². The topological polar surface area (TPSA) is 91.3 Å². The van der Waals surface area contributed by atoms with Crippen LogP contribution in [0.3, 0.4) is 0 Å². The summed E-state index contributed by atoms with van der Waals surface area (Å²) in [7, 11) is -9.21. The second kappa shape index (κ2) is 11.5. The van der Waals surface area contributed by atoms with Crippen LogP contribution >= 0.6 is 15.6 Å². The Morgan fingerprint density at radius 3 is 1.86 bits per heavy atom. The lowest BCUT2D eigenvalue weighted by molar-refractivity contribution is 0.154. The van der Waals surface area contributed by atoms with E-state index < -0.39 is 15.6 Å². The molecular weight excluding hydrogens is 414 g/mol. The molecule has 2 atom stereocenters. The van der Waals surface area contributed by atoms with Crippen molar-refractivity contribution in [2.75, 3.05) is 6.61 Å². The molecule has 0 saturated heterocycles. The Morgan fingerprint density at radius 2 is 1.41 bits per heavy atom. The van der Waals surface area contributed by atoms with E-state index in [2.05, 4.69) is 6.92 Å². The van der Waals surface area contributed by atoms with Gasteiger partial charge in [-0.25, -0.2) is 9.13 Å². The van der Waals surface area contributed by atoms with Crippen LogP contribution in [-0.2, 0) is 18.0 Å². The molecule has 2 unspecified atom stereocenters. The van der Waals surface area contributed by atoms with E-state index in [4.69, 9.17) is 17.9 Å². The van der Waals surface area contributed by atoms with Crippen molar-refractivity contribution in [1.29, 1.82) is 0 Å². The molecule has 160 valence electrons. The molecular formula is C20H28O7P2. The van der Waals surface area contributed by atoms with Crippen LogP contribution in [0.4, 0.5) is 0 Å². The maximum absolute atomic E-state index is 13.2. The van der Waals surface area contributed by atoms with Crippen LogP contribution in [0.25, 0.3) is 0 Å². The summed E-state index contributed by atoms with van der Waals surface area (Å²) in [4.78, 5) is 10.2. The highest BCUT2D eigenvalue weighted by atomic mass is 31.3. The molecule has 0 fully saturated rings. The number of rotatable bonds is 13. The molecule has 0 aromatic heterocycles. The summed E-state index contributed by atoms with van der Waals surface area (Å²) in [5.74, 6) is 0.436. The van der Waals surface area contributed by atoms with Crippen molar-refractivity contribution in [3.63, 3.8) is 0 Å². The van der Waals surface area contributed by atoms with E-state index >= 15 is 0 Å². The molecule has 0 bridgehead atoms. The van der Waals surface area contributed by atoms with Gasteiger partial charge < -0.3 is 13.9 Å². The summed E-state index contributed by atoms with van der Waals surface area (Å²) in [6, 6.07) is 16.3. The van der Waals surface area contributed by atoms with Crippen LogP contribution < -0.4 is 9.05 Å². The quantitative estimate of drug-likeness (QED) is 0.349. The Bertz CT molecular complexity index is 769. The van der Waals surface area contributed by atoms with Gasteiger partial charge in [-0.15, -0.1) is 0 Å². The molecule has 0 aliphatic rings. The molecule has 0 saturated carbocycles. The standard InChI is InChI=1S/C20H28O7P2/c1-3-5-12-18(4-2)17-24-28(21,22)27-29(23,25-19-13-8-6-9-14-19)26-20-15-10-7-11-16-20/h6-11,13-16,18H,3-5,12,17H2,1-2H3,(H,21,22). The van der Waals surface area contributed by atoms with E-state index in [0.29, 0.717) is 0 Å². The highest BCUT2D eigenvalue weighted by molar-refractivity contribution is 7.62. The van der Waals surface area contributed by atoms with Crippen LogP contribution in [-0.4, -0.2) is 11.5 Å².